The Morgan fingerprint density at radius 3 is 1.13 bits per heavy atom. The van der Waals surface area contributed by atoms with Crippen LogP contribution in [0.4, 0.5) is 11.4 Å². The number of benzene rings is 2. The van der Waals surface area contributed by atoms with E-state index in [1.807, 2.05) is 48.5 Å². The molecule has 0 atom stereocenters. The van der Waals surface area contributed by atoms with Gasteiger partial charge in [0.1, 0.15) is 0 Å². The van der Waals surface area contributed by atoms with Crippen LogP contribution in [0.3, 0.4) is 0 Å². The SMILES string of the molecule is O=C1CCC(=O)N1CNc1ccc(-c2ccc(NCN3C(=O)CCC3=O)cc2)cc1. The van der Waals surface area contributed by atoms with Crippen LogP contribution < -0.4 is 10.6 Å². The molecule has 2 fully saturated rings. The summed E-state index contributed by atoms with van der Waals surface area (Å²) in [5, 5.41) is 6.20. The van der Waals surface area contributed by atoms with Crippen molar-refractivity contribution in [2.75, 3.05) is 24.0 Å². The molecule has 2 aliphatic heterocycles. The number of anilines is 2. The summed E-state index contributed by atoms with van der Waals surface area (Å²) in [6.07, 6.45) is 1.15. The van der Waals surface area contributed by atoms with Crippen LogP contribution in [0, 0.1) is 0 Å². The van der Waals surface area contributed by atoms with E-state index in [4.69, 9.17) is 0 Å². The molecular weight excluding hydrogens is 384 g/mol. The lowest BCUT2D eigenvalue weighted by atomic mass is 10.1. The highest BCUT2D eigenvalue weighted by atomic mass is 16.2. The molecule has 4 amide bonds. The molecule has 2 N–H and O–H groups in total. The van der Waals surface area contributed by atoms with E-state index in [0.717, 1.165) is 22.5 Å². The molecule has 0 unspecified atom stereocenters. The van der Waals surface area contributed by atoms with Crippen LogP contribution in [0.25, 0.3) is 11.1 Å². The topological polar surface area (TPSA) is 98.8 Å². The number of hydrogen-bond donors (Lipinski definition) is 2. The first-order valence-electron chi connectivity index (χ1n) is 9.86. The molecule has 8 nitrogen and oxygen atoms in total. The monoisotopic (exact) mass is 406 g/mol. The van der Waals surface area contributed by atoms with E-state index in [1.165, 1.54) is 9.80 Å². The number of nitrogens with one attached hydrogen (secondary N) is 2. The van der Waals surface area contributed by atoms with Gasteiger partial charge in [0, 0.05) is 37.1 Å². The zero-order valence-corrected chi connectivity index (χ0v) is 16.4. The van der Waals surface area contributed by atoms with E-state index in [0.29, 0.717) is 0 Å². The number of imide groups is 2. The third-order valence-corrected chi connectivity index (χ3v) is 5.30. The molecule has 0 spiro atoms. The van der Waals surface area contributed by atoms with Gasteiger partial charge in [0.25, 0.3) is 0 Å². The fraction of sp³-hybridized carbons (Fsp3) is 0.273. The Hall–Kier alpha value is -3.68. The Kier molecular flexibility index (Phi) is 5.47. The maximum absolute atomic E-state index is 11.6. The summed E-state index contributed by atoms with van der Waals surface area (Å²) in [6.45, 7) is 0.360. The zero-order valence-electron chi connectivity index (χ0n) is 16.4. The van der Waals surface area contributed by atoms with E-state index in [9.17, 15) is 19.2 Å². The fourth-order valence-electron chi connectivity index (χ4n) is 3.50. The van der Waals surface area contributed by atoms with E-state index in [2.05, 4.69) is 10.6 Å². The molecule has 8 heteroatoms. The molecule has 0 saturated carbocycles. The lowest BCUT2D eigenvalue weighted by molar-refractivity contribution is -0.139. The number of rotatable bonds is 7. The summed E-state index contributed by atoms with van der Waals surface area (Å²) in [4.78, 5) is 49.1. The Morgan fingerprint density at radius 2 is 0.833 bits per heavy atom. The van der Waals surface area contributed by atoms with Gasteiger partial charge in [-0.2, -0.15) is 0 Å². The first-order valence-corrected chi connectivity index (χ1v) is 9.86. The Bertz CT molecular complexity index is 872. The maximum atomic E-state index is 11.6. The van der Waals surface area contributed by atoms with Gasteiger partial charge < -0.3 is 10.6 Å². The van der Waals surface area contributed by atoms with Gasteiger partial charge in [0.2, 0.25) is 23.6 Å². The van der Waals surface area contributed by atoms with Gasteiger partial charge >= 0.3 is 0 Å². The standard InChI is InChI=1S/C22H22N4O4/c27-19-9-10-20(28)25(19)13-23-17-5-1-15(2-6-17)16-3-7-18(8-4-16)24-14-26-21(29)11-12-22(26)30/h1-8,23-24H,9-14H2. The van der Waals surface area contributed by atoms with Gasteiger partial charge in [0.05, 0.1) is 13.3 Å². The lowest BCUT2D eigenvalue weighted by Crippen LogP contribution is -2.33. The van der Waals surface area contributed by atoms with E-state index >= 15 is 0 Å². The summed E-state index contributed by atoms with van der Waals surface area (Å²) in [5.41, 5.74) is 3.68. The Labute approximate surface area is 173 Å². The van der Waals surface area contributed by atoms with Crippen molar-refractivity contribution < 1.29 is 19.2 Å². The van der Waals surface area contributed by atoms with Gasteiger partial charge in [-0.1, -0.05) is 24.3 Å². The van der Waals surface area contributed by atoms with Crippen molar-refractivity contribution in [2.24, 2.45) is 0 Å². The molecule has 2 aliphatic rings. The van der Waals surface area contributed by atoms with Crippen molar-refractivity contribution in [1.82, 2.24) is 9.80 Å². The lowest BCUT2D eigenvalue weighted by Gasteiger charge is -2.16. The van der Waals surface area contributed by atoms with Gasteiger partial charge in [-0.05, 0) is 35.4 Å². The van der Waals surface area contributed by atoms with Crippen LogP contribution in [-0.4, -0.2) is 46.8 Å². The van der Waals surface area contributed by atoms with Crippen molar-refractivity contribution in [3.8, 4) is 11.1 Å². The molecule has 2 aromatic carbocycles. The summed E-state index contributed by atoms with van der Waals surface area (Å²) in [6, 6.07) is 15.4. The van der Waals surface area contributed by atoms with Crippen molar-refractivity contribution in [3.05, 3.63) is 48.5 Å². The van der Waals surface area contributed by atoms with Crippen molar-refractivity contribution in [2.45, 2.75) is 25.7 Å². The van der Waals surface area contributed by atoms with Crippen LogP contribution in [-0.2, 0) is 19.2 Å². The minimum Gasteiger partial charge on any atom is -0.367 e. The number of carbonyl (C=O) groups is 4. The van der Waals surface area contributed by atoms with Crippen molar-refractivity contribution in [3.63, 3.8) is 0 Å². The van der Waals surface area contributed by atoms with E-state index < -0.39 is 0 Å². The Morgan fingerprint density at radius 1 is 0.533 bits per heavy atom. The Balaban J connectivity index is 1.32. The molecule has 154 valence electrons. The van der Waals surface area contributed by atoms with Crippen molar-refractivity contribution >= 4 is 35.0 Å². The highest BCUT2D eigenvalue weighted by molar-refractivity contribution is 6.02. The number of carbonyl (C=O) groups excluding carboxylic acids is 4. The largest absolute Gasteiger partial charge is 0.367 e. The van der Waals surface area contributed by atoms with E-state index in [-0.39, 0.29) is 62.6 Å². The number of likely N-dealkylation sites (tertiary alicyclic amines) is 2. The zero-order chi connectivity index (χ0) is 21.1. The first kappa shape index (κ1) is 19.6. The summed E-state index contributed by atoms with van der Waals surface area (Å²) in [7, 11) is 0. The molecule has 0 aromatic heterocycles. The minimum absolute atomic E-state index is 0.142. The smallest absolute Gasteiger partial charge is 0.231 e. The van der Waals surface area contributed by atoms with Crippen LogP contribution in [0.2, 0.25) is 0 Å². The molecule has 0 radical (unpaired) electrons. The van der Waals surface area contributed by atoms with Crippen molar-refractivity contribution in [1.29, 1.82) is 0 Å². The summed E-state index contributed by atoms with van der Waals surface area (Å²) >= 11 is 0. The fourth-order valence-corrected chi connectivity index (χ4v) is 3.50. The summed E-state index contributed by atoms with van der Waals surface area (Å²) < 4.78 is 0. The van der Waals surface area contributed by atoms with Gasteiger partial charge in [-0.25, -0.2) is 0 Å². The quantitative estimate of drug-likeness (QED) is 0.685. The highest BCUT2D eigenvalue weighted by Crippen LogP contribution is 2.24. The molecule has 0 bridgehead atoms. The van der Waals surface area contributed by atoms with E-state index in [1.54, 1.807) is 0 Å². The van der Waals surface area contributed by atoms with Gasteiger partial charge in [-0.3, -0.25) is 29.0 Å². The molecule has 0 aliphatic carbocycles. The third-order valence-electron chi connectivity index (χ3n) is 5.30. The van der Waals surface area contributed by atoms with Gasteiger partial charge in [0.15, 0.2) is 0 Å². The van der Waals surface area contributed by atoms with Crippen LogP contribution in [0.1, 0.15) is 25.7 Å². The second-order valence-corrected chi connectivity index (χ2v) is 7.26. The predicted octanol–water partition coefficient (Wildman–Crippen LogP) is 2.39. The molecule has 4 rings (SSSR count). The second-order valence-electron chi connectivity index (χ2n) is 7.26. The van der Waals surface area contributed by atoms with Crippen LogP contribution in [0.5, 0.6) is 0 Å². The predicted molar refractivity (Wildman–Crippen MR) is 111 cm³/mol. The molecule has 2 aromatic rings. The third kappa shape index (κ3) is 4.17. The highest BCUT2D eigenvalue weighted by Gasteiger charge is 2.29. The average Bonchev–Trinajstić information content (AvgIpc) is 3.26. The molecular formula is C22H22N4O4. The second kappa shape index (κ2) is 8.36. The average molecular weight is 406 g/mol. The maximum Gasteiger partial charge on any atom is 0.231 e. The number of nitrogens with zero attached hydrogens (tertiary/aromatic N) is 2. The first-order chi connectivity index (χ1) is 14.5. The molecule has 30 heavy (non-hydrogen) atoms. The number of hydrogen-bond acceptors (Lipinski definition) is 6. The van der Waals surface area contributed by atoms with Crippen LogP contribution >= 0.6 is 0 Å². The normalized spacial score (nSPS) is 16.5. The van der Waals surface area contributed by atoms with Gasteiger partial charge in [-0.15, -0.1) is 0 Å². The van der Waals surface area contributed by atoms with Crippen LogP contribution in [0.15, 0.2) is 48.5 Å². The summed E-state index contributed by atoms with van der Waals surface area (Å²) in [5.74, 6) is -0.569. The molecule has 2 heterocycles. The minimum atomic E-state index is -0.142. The molecule has 2 saturated heterocycles. The number of amides is 4.